The normalized spacial score (nSPS) is 11.8. The molecular formula is C18H19N3O6S. The molecule has 10 heteroatoms. The zero-order valence-corrected chi connectivity index (χ0v) is 16.2. The lowest BCUT2D eigenvalue weighted by molar-refractivity contribution is -0.145. The molecule has 0 unspecified atom stereocenters. The Balaban J connectivity index is 1.60. The van der Waals surface area contributed by atoms with E-state index in [1.54, 1.807) is 28.9 Å². The largest absolute Gasteiger partial charge is 0.457 e. The summed E-state index contributed by atoms with van der Waals surface area (Å²) in [7, 11) is -0.886. The number of aromatic nitrogens is 2. The molecule has 0 aliphatic carbocycles. The van der Waals surface area contributed by atoms with Gasteiger partial charge in [-0.2, -0.15) is 5.10 Å². The molecule has 0 atom stereocenters. The topological polar surface area (TPSA) is 112 Å². The van der Waals surface area contributed by atoms with Gasteiger partial charge < -0.3 is 9.15 Å². The van der Waals surface area contributed by atoms with Crippen LogP contribution in [0.5, 0.6) is 0 Å². The highest BCUT2D eigenvalue weighted by Gasteiger charge is 2.21. The van der Waals surface area contributed by atoms with Gasteiger partial charge in [0.1, 0.15) is 12.4 Å². The van der Waals surface area contributed by atoms with Crippen molar-refractivity contribution in [2.75, 3.05) is 14.1 Å². The Morgan fingerprint density at radius 3 is 2.71 bits per heavy atom. The fourth-order valence-electron chi connectivity index (χ4n) is 2.51. The van der Waals surface area contributed by atoms with Crippen molar-refractivity contribution in [3.63, 3.8) is 0 Å². The number of nitrogens with zero attached hydrogens (tertiary/aromatic N) is 3. The molecule has 2 aromatic heterocycles. The summed E-state index contributed by atoms with van der Waals surface area (Å²) < 4.78 is 36.9. The monoisotopic (exact) mass is 405 g/mol. The van der Waals surface area contributed by atoms with Gasteiger partial charge in [0.05, 0.1) is 24.7 Å². The Morgan fingerprint density at radius 1 is 1.21 bits per heavy atom. The molecule has 0 N–H and O–H groups in total. The van der Waals surface area contributed by atoms with Crippen LogP contribution in [0.4, 0.5) is 0 Å². The highest BCUT2D eigenvalue weighted by atomic mass is 32.2. The van der Waals surface area contributed by atoms with E-state index in [0.29, 0.717) is 10.9 Å². The number of rotatable bonds is 7. The number of para-hydroxylation sites is 1. The van der Waals surface area contributed by atoms with E-state index in [2.05, 4.69) is 5.10 Å². The number of hydrogen-bond donors (Lipinski definition) is 0. The van der Waals surface area contributed by atoms with Gasteiger partial charge in [-0.15, -0.1) is 0 Å². The molecule has 0 spiro atoms. The average molecular weight is 405 g/mol. The summed E-state index contributed by atoms with van der Waals surface area (Å²) >= 11 is 0. The Morgan fingerprint density at radius 2 is 1.96 bits per heavy atom. The third-order valence-corrected chi connectivity index (χ3v) is 5.73. The van der Waals surface area contributed by atoms with Crippen LogP contribution in [0.1, 0.15) is 12.2 Å². The molecule has 0 radical (unpaired) electrons. The van der Waals surface area contributed by atoms with Crippen molar-refractivity contribution >= 4 is 26.9 Å². The Hall–Kier alpha value is -2.98. The van der Waals surface area contributed by atoms with Crippen LogP contribution in [-0.4, -0.2) is 42.6 Å². The minimum atomic E-state index is -3.68. The third kappa shape index (κ3) is 4.12. The summed E-state index contributed by atoms with van der Waals surface area (Å²) in [5, 5.41) is 4.36. The first kappa shape index (κ1) is 19.8. The molecule has 9 nitrogen and oxygen atoms in total. The van der Waals surface area contributed by atoms with Gasteiger partial charge in [-0.25, -0.2) is 12.7 Å². The molecular weight excluding hydrogens is 386 g/mol. The van der Waals surface area contributed by atoms with Crippen LogP contribution in [0.2, 0.25) is 0 Å². The van der Waals surface area contributed by atoms with E-state index in [-0.39, 0.29) is 35.9 Å². The SMILES string of the molecule is CN(C)S(=O)(=O)c1ccc(COC(=O)CCn2ncc(=O)c3ccccc32)o1. The van der Waals surface area contributed by atoms with E-state index < -0.39 is 16.0 Å². The number of benzene rings is 1. The van der Waals surface area contributed by atoms with Crippen molar-refractivity contribution in [1.82, 2.24) is 14.1 Å². The van der Waals surface area contributed by atoms with Crippen LogP contribution in [0, 0.1) is 0 Å². The summed E-state index contributed by atoms with van der Waals surface area (Å²) in [6.07, 6.45) is 1.24. The van der Waals surface area contributed by atoms with Gasteiger partial charge in [-0.05, 0) is 24.3 Å². The number of sulfonamides is 1. The van der Waals surface area contributed by atoms with E-state index >= 15 is 0 Å². The molecule has 148 valence electrons. The number of furan rings is 1. The predicted molar refractivity (Wildman–Crippen MR) is 100.0 cm³/mol. The molecule has 28 heavy (non-hydrogen) atoms. The fraction of sp³-hybridized carbons (Fsp3) is 0.278. The van der Waals surface area contributed by atoms with Crippen molar-refractivity contribution in [3.05, 3.63) is 58.6 Å². The summed E-state index contributed by atoms with van der Waals surface area (Å²) in [5.74, 6) is -0.279. The van der Waals surface area contributed by atoms with E-state index in [0.717, 1.165) is 4.31 Å². The van der Waals surface area contributed by atoms with Crippen LogP contribution in [0.3, 0.4) is 0 Å². The lowest BCUT2D eigenvalue weighted by Crippen LogP contribution is -2.21. The Kier molecular flexibility index (Phi) is 5.61. The summed E-state index contributed by atoms with van der Waals surface area (Å²) in [5.41, 5.74) is 0.447. The second-order valence-corrected chi connectivity index (χ2v) is 8.25. The van der Waals surface area contributed by atoms with Gasteiger partial charge in [0.25, 0.3) is 10.0 Å². The first-order valence-electron chi connectivity index (χ1n) is 8.41. The van der Waals surface area contributed by atoms with Crippen molar-refractivity contribution in [2.24, 2.45) is 0 Å². The highest BCUT2D eigenvalue weighted by molar-refractivity contribution is 7.88. The predicted octanol–water partition coefficient (Wildman–Crippen LogP) is 1.37. The van der Waals surface area contributed by atoms with E-state index in [4.69, 9.17) is 9.15 Å². The number of aryl methyl sites for hydroxylation is 1. The van der Waals surface area contributed by atoms with Gasteiger partial charge in [0.15, 0.2) is 0 Å². The Bertz CT molecular complexity index is 1160. The van der Waals surface area contributed by atoms with Crippen LogP contribution >= 0.6 is 0 Å². The summed E-state index contributed by atoms with van der Waals surface area (Å²) in [6, 6.07) is 9.76. The van der Waals surface area contributed by atoms with Crippen LogP contribution in [0.25, 0.3) is 10.9 Å². The first-order chi connectivity index (χ1) is 13.3. The maximum absolute atomic E-state index is 12.0. The van der Waals surface area contributed by atoms with Crippen LogP contribution < -0.4 is 5.43 Å². The standard InChI is InChI=1S/C18H19N3O6S/c1-20(2)28(24,25)18-8-7-13(27-18)12-26-17(23)9-10-21-15-6-4-3-5-14(15)16(22)11-19-21/h3-8,11H,9-10,12H2,1-2H3. The second-order valence-electron chi connectivity index (χ2n) is 6.17. The van der Waals surface area contributed by atoms with Crippen LogP contribution in [0.15, 0.2) is 56.9 Å². The molecule has 2 heterocycles. The van der Waals surface area contributed by atoms with Crippen molar-refractivity contribution < 1.29 is 22.4 Å². The van der Waals surface area contributed by atoms with E-state index in [9.17, 15) is 18.0 Å². The second kappa shape index (κ2) is 7.95. The van der Waals surface area contributed by atoms with Crippen molar-refractivity contribution in [2.45, 2.75) is 24.7 Å². The number of carbonyl (C=O) groups excluding carboxylic acids is 1. The van der Waals surface area contributed by atoms with Crippen LogP contribution in [-0.2, 0) is 32.7 Å². The van der Waals surface area contributed by atoms with Gasteiger partial charge in [0, 0.05) is 19.5 Å². The van der Waals surface area contributed by atoms with Crippen molar-refractivity contribution in [1.29, 1.82) is 0 Å². The molecule has 0 aliphatic heterocycles. The van der Waals surface area contributed by atoms with Gasteiger partial charge in [0.2, 0.25) is 10.5 Å². The smallest absolute Gasteiger partial charge is 0.308 e. The minimum Gasteiger partial charge on any atom is -0.457 e. The average Bonchev–Trinajstić information content (AvgIpc) is 3.16. The van der Waals surface area contributed by atoms with Gasteiger partial charge in [-0.3, -0.25) is 14.3 Å². The zero-order chi connectivity index (χ0) is 20.3. The number of carbonyl (C=O) groups is 1. The lowest BCUT2D eigenvalue weighted by Gasteiger charge is -2.09. The number of fused-ring (bicyclic) bond motifs is 1. The number of esters is 1. The zero-order valence-electron chi connectivity index (χ0n) is 15.4. The maximum Gasteiger partial charge on any atom is 0.308 e. The number of ether oxygens (including phenoxy) is 1. The molecule has 3 rings (SSSR count). The molecule has 0 fully saturated rings. The van der Waals surface area contributed by atoms with Gasteiger partial charge in [-0.1, -0.05) is 12.1 Å². The quantitative estimate of drug-likeness (QED) is 0.546. The van der Waals surface area contributed by atoms with E-state index in [1.165, 1.54) is 32.4 Å². The summed E-state index contributed by atoms with van der Waals surface area (Å²) in [4.78, 5) is 23.8. The third-order valence-electron chi connectivity index (χ3n) is 4.04. The van der Waals surface area contributed by atoms with E-state index in [1.807, 2.05) is 0 Å². The minimum absolute atomic E-state index is 0.0312. The van der Waals surface area contributed by atoms with Gasteiger partial charge >= 0.3 is 5.97 Å². The molecule has 0 saturated heterocycles. The molecule has 0 amide bonds. The maximum atomic E-state index is 12.0. The molecule has 3 aromatic rings. The first-order valence-corrected chi connectivity index (χ1v) is 9.85. The summed E-state index contributed by atoms with van der Waals surface area (Å²) in [6.45, 7) is 0.0537. The molecule has 0 bridgehead atoms. The lowest BCUT2D eigenvalue weighted by atomic mass is 10.2. The Labute approximate surface area is 161 Å². The molecule has 1 aromatic carbocycles. The van der Waals surface area contributed by atoms with Crippen molar-refractivity contribution in [3.8, 4) is 0 Å². The molecule has 0 aliphatic rings. The molecule has 0 saturated carbocycles. The fourth-order valence-corrected chi connectivity index (χ4v) is 3.33. The number of hydrogen-bond acceptors (Lipinski definition) is 7. The highest BCUT2D eigenvalue weighted by Crippen LogP contribution is 2.17.